The van der Waals surface area contributed by atoms with Crippen molar-refractivity contribution in [1.29, 1.82) is 0 Å². The highest BCUT2D eigenvalue weighted by Crippen LogP contribution is 2.38. The molecule has 2 fully saturated rings. The van der Waals surface area contributed by atoms with Gasteiger partial charge in [-0.2, -0.15) is 0 Å². The van der Waals surface area contributed by atoms with Crippen molar-refractivity contribution in [2.45, 2.75) is 25.5 Å². The van der Waals surface area contributed by atoms with E-state index < -0.39 is 0 Å². The molecule has 3 nitrogen and oxygen atoms in total. The number of likely N-dealkylation sites (tertiary alicyclic amines) is 1. The normalized spacial score (nSPS) is 31.6. The number of fused-ring (bicyclic) bond motifs is 1. The van der Waals surface area contributed by atoms with Gasteiger partial charge in [0, 0.05) is 31.1 Å². The van der Waals surface area contributed by atoms with Crippen LogP contribution in [-0.4, -0.2) is 36.3 Å². The molecule has 1 saturated heterocycles. The van der Waals surface area contributed by atoms with Crippen molar-refractivity contribution in [2.75, 3.05) is 20.2 Å². The molecule has 1 heterocycles. The van der Waals surface area contributed by atoms with Crippen LogP contribution in [0, 0.1) is 11.8 Å². The lowest BCUT2D eigenvalue weighted by Crippen LogP contribution is -2.24. The second kappa shape index (κ2) is 4.90. The van der Waals surface area contributed by atoms with Gasteiger partial charge in [-0.1, -0.05) is 18.2 Å². The smallest absolute Gasteiger partial charge is 0.123 e. The Morgan fingerprint density at radius 2 is 2.11 bits per heavy atom. The number of aliphatic hydroxyl groups excluding tert-OH is 1. The largest absolute Gasteiger partial charge is 0.496 e. The van der Waals surface area contributed by atoms with Crippen LogP contribution in [0.5, 0.6) is 5.75 Å². The average Bonchev–Trinajstić information content (AvgIpc) is 2.93. The minimum absolute atomic E-state index is 0.0716. The summed E-state index contributed by atoms with van der Waals surface area (Å²) in [5.74, 6) is 2.17. The van der Waals surface area contributed by atoms with Crippen molar-refractivity contribution >= 4 is 0 Å². The first-order valence-electron chi connectivity index (χ1n) is 6.80. The maximum Gasteiger partial charge on any atom is 0.123 e. The number of hydrogen-bond acceptors (Lipinski definition) is 3. The lowest BCUT2D eigenvalue weighted by atomic mass is 10.00. The molecule has 18 heavy (non-hydrogen) atoms. The minimum Gasteiger partial charge on any atom is -0.496 e. The molecule has 98 valence electrons. The number of para-hydroxylation sites is 1. The van der Waals surface area contributed by atoms with Crippen molar-refractivity contribution in [1.82, 2.24) is 4.90 Å². The summed E-state index contributed by atoms with van der Waals surface area (Å²) < 4.78 is 5.39. The van der Waals surface area contributed by atoms with E-state index in [9.17, 15) is 5.11 Å². The number of aliphatic hydroxyl groups is 1. The van der Waals surface area contributed by atoms with Crippen LogP contribution >= 0.6 is 0 Å². The van der Waals surface area contributed by atoms with Crippen LogP contribution in [0.15, 0.2) is 24.3 Å². The zero-order chi connectivity index (χ0) is 12.5. The van der Waals surface area contributed by atoms with E-state index in [1.54, 1.807) is 7.11 Å². The quantitative estimate of drug-likeness (QED) is 0.885. The standard InChI is InChI=1S/C15H21NO2/c1-18-15-5-3-2-4-12(15)9-16-8-11-6-7-14(17)13(11)10-16/h2-5,11,13-14,17H,6-10H2,1H3. The molecule has 1 N–H and O–H groups in total. The van der Waals surface area contributed by atoms with Crippen LogP contribution in [0.2, 0.25) is 0 Å². The molecule has 0 bridgehead atoms. The Morgan fingerprint density at radius 1 is 1.28 bits per heavy atom. The highest BCUT2D eigenvalue weighted by atomic mass is 16.5. The molecule has 2 aliphatic rings. The summed E-state index contributed by atoms with van der Waals surface area (Å²) in [6.45, 7) is 3.09. The molecular weight excluding hydrogens is 226 g/mol. The Kier molecular flexibility index (Phi) is 3.27. The predicted molar refractivity (Wildman–Crippen MR) is 70.5 cm³/mol. The summed E-state index contributed by atoms with van der Waals surface area (Å²) in [6.07, 6.45) is 2.11. The summed E-state index contributed by atoms with van der Waals surface area (Å²) >= 11 is 0. The molecule has 3 rings (SSSR count). The molecule has 0 amide bonds. The molecule has 1 aromatic rings. The van der Waals surface area contributed by atoms with E-state index in [0.717, 1.165) is 31.8 Å². The SMILES string of the molecule is COc1ccccc1CN1CC2CCC(O)C2C1. The summed E-state index contributed by atoms with van der Waals surface area (Å²) in [5, 5.41) is 9.93. The molecular formula is C15H21NO2. The monoisotopic (exact) mass is 247 g/mol. The van der Waals surface area contributed by atoms with Crippen LogP contribution in [0.25, 0.3) is 0 Å². The lowest BCUT2D eigenvalue weighted by Gasteiger charge is -2.19. The Morgan fingerprint density at radius 3 is 2.89 bits per heavy atom. The van der Waals surface area contributed by atoms with Crippen molar-refractivity contribution in [3.05, 3.63) is 29.8 Å². The van der Waals surface area contributed by atoms with Crippen LogP contribution in [0.3, 0.4) is 0 Å². The topological polar surface area (TPSA) is 32.7 Å². The molecule has 1 aliphatic carbocycles. The number of rotatable bonds is 3. The Bertz CT molecular complexity index is 421. The molecule has 3 unspecified atom stereocenters. The summed E-state index contributed by atoms with van der Waals surface area (Å²) in [7, 11) is 1.72. The first kappa shape index (κ1) is 12.0. The number of benzene rings is 1. The number of hydrogen-bond donors (Lipinski definition) is 1. The second-order valence-electron chi connectivity index (χ2n) is 5.57. The predicted octanol–water partition coefficient (Wildman–Crippen LogP) is 1.90. The minimum atomic E-state index is -0.0716. The third kappa shape index (κ3) is 2.13. The van der Waals surface area contributed by atoms with E-state index in [0.29, 0.717) is 11.8 Å². The first-order valence-corrected chi connectivity index (χ1v) is 6.80. The molecule has 3 atom stereocenters. The fraction of sp³-hybridized carbons (Fsp3) is 0.600. The maximum atomic E-state index is 9.93. The molecule has 3 heteroatoms. The first-order chi connectivity index (χ1) is 8.78. The van der Waals surface area contributed by atoms with Gasteiger partial charge < -0.3 is 9.84 Å². The highest BCUT2D eigenvalue weighted by molar-refractivity contribution is 5.33. The van der Waals surface area contributed by atoms with Gasteiger partial charge in [0.15, 0.2) is 0 Å². The van der Waals surface area contributed by atoms with Crippen LogP contribution in [0.4, 0.5) is 0 Å². The average molecular weight is 247 g/mol. The number of nitrogens with zero attached hydrogens (tertiary/aromatic N) is 1. The van der Waals surface area contributed by atoms with Crippen LogP contribution in [-0.2, 0) is 6.54 Å². The van der Waals surface area contributed by atoms with Crippen molar-refractivity contribution < 1.29 is 9.84 Å². The van der Waals surface area contributed by atoms with Gasteiger partial charge in [0.25, 0.3) is 0 Å². The number of ether oxygens (including phenoxy) is 1. The van der Waals surface area contributed by atoms with E-state index in [1.165, 1.54) is 12.0 Å². The van der Waals surface area contributed by atoms with Gasteiger partial charge in [-0.25, -0.2) is 0 Å². The Balaban J connectivity index is 1.68. The third-order valence-electron chi connectivity index (χ3n) is 4.48. The Labute approximate surface area is 108 Å². The van der Waals surface area contributed by atoms with Crippen LogP contribution in [0.1, 0.15) is 18.4 Å². The molecule has 1 aromatic carbocycles. The van der Waals surface area contributed by atoms with Crippen molar-refractivity contribution in [3.63, 3.8) is 0 Å². The lowest BCUT2D eigenvalue weighted by molar-refractivity contribution is 0.123. The van der Waals surface area contributed by atoms with Crippen molar-refractivity contribution in [2.24, 2.45) is 11.8 Å². The van der Waals surface area contributed by atoms with E-state index in [1.807, 2.05) is 12.1 Å². The van der Waals surface area contributed by atoms with E-state index in [2.05, 4.69) is 17.0 Å². The fourth-order valence-electron chi connectivity index (χ4n) is 3.53. The van der Waals surface area contributed by atoms with Crippen LogP contribution < -0.4 is 4.74 Å². The second-order valence-corrected chi connectivity index (χ2v) is 5.57. The van der Waals surface area contributed by atoms with Gasteiger partial charge in [0.1, 0.15) is 5.75 Å². The van der Waals surface area contributed by atoms with E-state index in [-0.39, 0.29) is 6.10 Å². The Hall–Kier alpha value is -1.06. The maximum absolute atomic E-state index is 9.93. The molecule has 0 aromatic heterocycles. The zero-order valence-corrected chi connectivity index (χ0v) is 10.9. The van der Waals surface area contributed by atoms with Gasteiger partial charge in [0.2, 0.25) is 0 Å². The zero-order valence-electron chi connectivity index (χ0n) is 10.9. The molecule has 1 aliphatic heterocycles. The van der Waals surface area contributed by atoms with E-state index in [4.69, 9.17) is 4.74 Å². The van der Waals surface area contributed by atoms with Gasteiger partial charge >= 0.3 is 0 Å². The van der Waals surface area contributed by atoms with E-state index >= 15 is 0 Å². The van der Waals surface area contributed by atoms with Gasteiger partial charge in [-0.3, -0.25) is 4.90 Å². The molecule has 0 radical (unpaired) electrons. The summed E-state index contributed by atoms with van der Waals surface area (Å²) in [6, 6.07) is 8.21. The van der Waals surface area contributed by atoms with Gasteiger partial charge in [0.05, 0.1) is 13.2 Å². The summed E-state index contributed by atoms with van der Waals surface area (Å²) in [4.78, 5) is 2.45. The van der Waals surface area contributed by atoms with Crippen molar-refractivity contribution in [3.8, 4) is 5.75 Å². The van der Waals surface area contributed by atoms with Gasteiger partial charge in [-0.05, 0) is 24.8 Å². The van der Waals surface area contributed by atoms with Gasteiger partial charge in [-0.15, -0.1) is 0 Å². The number of methoxy groups -OCH3 is 1. The highest BCUT2D eigenvalue weighted by Gasteiger charge is 2.41. The summed E-state index contributed by atoms with van der Waals surface area (Å²) in [5.41, 5.74) is 1.24. The fourth-order valence-corrected chi connectivity index (χ4v) is 3.53. The molecule has 0 spiro atoms. The molecule has 1 saturated carbocycles. The third-order valence-corrected chi connectivity index (χ3v) is 4.48.